The first kappa shape index (κ1) is 20.4. The number of halogens is 2. The maximum Gasteiger partial charge on any atom is 0.266 e. The largest absolute Gasteiger partial charge is 0.368 e. The van der Waals surface area contributed by atoms with Gasteiger partial charge in [-0.25, -0.2) is 23.4 Å². The number of aryl methyl sites for hydroxylation is 1. The minimum Gasteiger partial charge on any atom is -0.368 e. The summed E-state index contributed by atoms with van der Waals surface area (Å²) in [6.45, 7) is 0. The van der Waals surface area contributed by atoms with Crippen molar-refractivity contribution in [3.63, 3.8) is 0 Å². The summed E-state index contributed by atoms with van der Waals surface area (Å²) in [4.78, 5) is 25.0. The molecule has 0 spiro atoms. The molecule has 0 atom stereocenters. The Morgan fingerprint density at radius 1 is 1.00 bits per heavy atom. The molecule has 0 saturated carbocycles. The number of nitrogens with zero attached hydrogens (tertiary/aromatic N) is 7. The van der Waals surface area contributed by atoms with Crippen LogP contribution < -0.4 is 11.3 Å². The Balaban J connectivity index is 1.77. The predicted molar refractivity (Wildman–Crippen MR) is 116 cm³/mol. The van der Waals surface area contributed by atoms with Gasteiger partial charge in [-0.05, 0) is 42.5 Å². The van der Waals surface area contributed by atoms with E-state index in [1.165, 1.54) is 58.8 Å². The van der Waals surface area contributed by atoms with Crippen LogP contribution in [-0.4, -0.2) is 34.3 Å². The maximum absolute atomic E-state index is 14.1. The summed E-state index contributed by atoms with van der Waals surface area (Å²) in [6, 6.07) is 11.4. The molecule has 4 aromatic heterocycles. The van der Waals surface area contributed by atoms with Gasteiger partial charge in [-0.1, -0.05) is 0 Å². The van der Waals surface area contributed by atoms with Crippen LogP contribution in [0.25, 0.3) is 28.2 Å². The summed E-state index contributed by atoms with van der Waals surface area (Å²) >= 11 is 0. The van der Waals surface area contributed by atoms with Crippen LogP contribution in [0, 0.1) is 11.6 Å². The summed E-state index contributed by atoms with van der Waals surface area (Å²) in [5.74, 6) is -0.590. The molecule has 1 aromatic carbocycles. The fourth-order valence-corrected chi connectivity index (χ4v) is 3.46. The van der Waals surface area contributed by atoms with Gasteiger partial charge in [-0.15, -0.1) is 5.10 Å². The normalized spacial score (nSPS) is 11.2. The average Bonchev–Trinajstić information content (AvgIpc) is 3.22. The highest BCUT2D eigenvalue weighted by atomic mass is 19.1. The number of hydrogen-bond donors (Lipinski definition) is 1. The van der Waals surface area contributed by atoms with Crippen molar-refractivity contribution in [3.05, 3.63) is 88.2 Å². The van der Waals surface area contributed by atoms with Crippen molar-refractivity contribution in [2.75, 3.05) is 5.73 Å². The smallest absolute Gasteiger partial charge is 0.266 e. The zero-order chi connectivity index (χ0) is 23.1. The molecule has 0 radical (unpaired) electrons. The van der Waals surface area contributed by atoms with E-state index in [2.05, 4.69) is 25.1 Å². The number of rotatable bonds is 4. The molecule has 33 heavy (non-hydrogen) atoms. The molecule has 0 unspecified atom stereocenters. The summed E-state index contributed by atoms with van der Waals surface area (Å²) in [5.41, 5.74) is 8.13. The van der Waals surface area contributed by atoms with E-state index in [0.717, 1.165) is 0 Å². The summed E-state index contributed by atoms with van der Waals surface area (Å²) in [6.07, 6.45) is 1.51. The van der Waals surface area contributed by atoms with E-state index >= 15 is 0 Å². The van der Waals surface area contributed by atoms with E-state index in [0.29, 0.717) is 28.2 Å². The molecule has 0 fully saturated rings. The van der Waals surface area contributed by atoms with Gasteiger partial charge >= 0.3 is 0 Å². The Labute approximate surface area is 185 Å². The third-order valence-corrected chi connectivity index (χ3v) is 5.05. The van der Waals surface area contributed by atoms with Crippen LogP contribution in [0.2, 0.25) is 0 Å². The molecular weight excluding hydrogens is 430 g/mol. The molecule has 5 rings (SSSR count). The molecule has 4 heterocycles. The Kier molecular flexibility index (Phi) is 4.85. The fourth-order valence-electron chi connectivity index (χ4n) is 3.46. The van der Waals surface area contributed by atoms with Gasteiger partial charge in [-0.3, -0.25) is 9.78 Å². The van der Waals surface area contributed by atoms with Crippen LogP contribution in [0.15, 0.2) is 59.5 Å². The van der Waals surface area contributed by atoms with Crippen LogP contribution in [0.5, 0.6) is 0 Å². The topological polar surface area (TPSA) is 117 Å². The zero-order valence-corrected chi connectivity index (χ0v) is 17.3. The van der Waals surface area contributed by atoms with Crippen LogP contribution >= 0.6 is 0 Å². The third-order valence-electron chi connectivity index (χ3n) is 5.05. The molecular formula is C22H16F2N8O. The van der Waals surface area contributed by atoms with Crippen molar-refractivity contribution in [2.24, 2.45) is 7.05 Å². The van der Waals surface area contributed by atoms with Crippen molar-refractivity contribution in [1.82, 2.24) is 34.3 Å². The average molecular weight is 446 g/mol. The first-order valence-corrected chi connectivity index (χ1v) is 9.86. The van der Waals surface area contributed by atoms with Crippen molar-refractivity contribution in [2.45, 2.75) is 6.42 Å². The highest BCUT2D eigenvalue weighted by molar-refractivity contribution is 5.89. The molecule has 5 aromatic rings. The van der Waals surface area contributed by atoms with Gasteiger partial charge in [0, 0.05) is 24.9 Å². The molecule has 0 aliphatic carbocycles. The van der Waals surface area contributed by atoms with E-state index in [1.807, 2.05) is 0 Å². The SMILES string of the molecule is Cn1nc(-c2c(-c3ccc(F)cc3)nc(N)n3nc(Cc4ncccc4F)nc23)ccc1=O. The van der Waals surface area contributed by atoms with Crippen molar-refractivity contribution in [1.29, 1.82) is 0 Å². The molecule has 9 nitrogen and oxygen atoms in total. The van der Waals surface area contributed by atoms with E-state index < -0.39 is 11.6 Å². The predicted octanol–water partition coefficient (Wildman–Crippen LogP) is 2.40. The van der Waals surface area contributed by atoms with E-state index in [1.54, 1.807) is 12.1 Å². The van der Waals surface area contributed by atoms with Crippen molar-refractivity contribution < 1.29 is 8.78 Å². The van der Waals surface area contributed by atoms with Gasteiger partial charge in [0.25, 0.3) is 5.56 Å². The number of hydrogen-bond acceptors (Lipinski definition) is 7. The number of fused-ring (bicyclic) bond motifs is 1. The highest BCUT2D eigenvalue weighted by Crippen LogP contribution is 2.33. The Hall–Kier alpha value is -4.54. The molecule has 0 saturated heterocycles. The molecule has 0 bridgehead atoms. The molecule has 164 valence electrons. The molecule has 11 heteroatoms. The van der Waals surface area contributed by atoms with Crippen LogP contribution in [-0.2, 0) is 13.5 Å². The Morgan fingerprint density at radius 3 is 2.52 bits per heavy atom. The van der Waals surface area contributed by atoms with E-state index in [4.69, 9.17) is 5.73 Å². The molecule has 0 aliphatic heterocycles. The zero-order valence-electron chi connectivity index (χ0n) is 17.3. The molecule has 0 amide bonds. The van der Waals surface area contributed by atoms with Crippen LogP contribution in [0.1, 0.15) is 11.5 Å². The lowest BCUT2D eigenvalue weighted by Crippen LogP contribution is -2.18. The molecule has 2 N–H and O–H groups in total. The summed E-state index contributed by atoms with van der Waals surface area (Å²) < 4.78 is 30.2. The lowest BCUT2D eigenvalue weighted by Gasteiger charge is -2.11. The number of pyridine rings is 1. The third kappa shape index (κ3) is 3.69. The lowest BCUT2D eigenvalue weighted by molar-refractivity contribution is 0.601. The second-order valence-electron chi connectivity index (χ2n) is 7.25. The number of anilines is 1. The standard InChI is InChI=1S/C22H16F2N8O/c1-31-18(33)9-8-15(29-31)19-20(12-4-6-13(23)7-5-12)28-22(25)32-21(19)27-17(30-32)11-16-14(24)3-2-10-26-16/h2-10H,11H2,1H3,(H2,25,28). The van der Waals surface area contributed by atoms with Gasteiger partial charge in [0.15, 0.2) is 11.5 Å². The lowest BCUT2D eigenvalue weighted by atomic mass is 10.0. The minimum absolute atomic E-state index is 0.0261. The van der Waals surface area contributed by atoms with Gasteiger partial charge in [0.2, 0.25) is 5.95 Å². The van der Waals surface area contributed by atoms with Gasteiger partial charge in [0.05, 0.1) is 29.1 Å². The van der Waals surface area contributed by atoms with Gasteiger partial charge in [0.1, 0.15) is 11.6 Å². The quantitative estimate of drug-likeness (QED) is 0.451. The van der Waals surface area contributed by atoms with Crippen LogP contribution in [0.3, 0.4) is 0 Å². The highest BCUT2D eigenvalue weighted by Gasteiger charge is 2.22. The van der Waals surface area contributed by atoms with Crippen molar-refractivity contribution >= 4 is 11.6 Å². The maximum atomic E-state index is 14.1. The van der Waals surface area contributed by atoms with E-state index in [9.17, 15) is 13.6 Å². The number of benzene rings is 1. The monoisotopic (exact) mass is 446 g/mol. The first-order chi connectivity index (χ1) is 15.9. The van der Waals surface area contributed by atoms with Crippen molar-refractivity contribution in [3.8, 4) is 22.5 Å². The number of nitrogens with two attached hydrogens (primary N) is 1. The fraction of sp³-hybridized carbons (Fsp3) is 0.0909. The number of aromatic nitrogens is 7. The summed E-state index contributed by atoms with van der Waals surface area (Å²) in [5, 5.41) is 8.71. The Morgan fingerprint density at radius 2 is 1.79 bits per heavy atom. The summed E-state index contributed by atoms with van der Waals surface area (Å²) in [7, 11) is 1.52. The second-order valence-corrected chi connectivity index (χ2v) is 7.25. The van der Waals surface area contributed by atoms with Crippen LogP contribution in [0.4, 0.5) is 14.7 Å². The second kappa shape index (κ2) is 7.86. The van der Waals surface area contributed by atoms with E-state index in [-0.39, 0.29) is 29.4 Å². The minimum atomic E-state index is -0.477. The Bertz CT molecular complexity index is 1560. The first-order valence-electron chi connectivity index (χ1n) is 9.86. The van der Waals surface area contributed by atoms with Gasteiger partial charge < -0.3 is 5.73 Å². The van der Waals surface area contributed by atoms with Gasteiger partial charge in [-0.2, -0.15) is 9.61 Å². The molecule has 0 aliphatic rings. The number of nitrogen functional groups attached to an aromatic ring is 1.